The maximum Gasteiger partial charge on any atom is 0.0594 e. The Morgan fingerprint density at radius 2 is 1.67 bits per heavy atom. The predicted molar refractivity (Wildman–Crippen MR) is 68.2 cm³/mol. The lowest BCUT2D eigenvalue weighted by Gasteiger charge is -2.17. The topological polar surface area (TPSA) is 20.2 Å². The van der Waals surface area contributed by atoms with Crippen molar-refractivity contribution in [3.05, 3.63) is 33.3 Å². The molecule has 0 amide bonds. The molecule has 15 heavy (non-hydrogen) atoms. The van der Waals surface area contributed by atoms with Gasteiger partial charge in [0.15, 0.2) is 0 Å². The Bertz CT molecular complexity index is 327. The van der Waals surface area contributed by atoms with Crippen LogP contribution >= 0.6 is 15.9 Å². The largest absolute Gasteiger partial charge is 0.390 e. The molecule has 0 aliphatic carbocycles. The van der Waals surface area contributed by atoms with Gasteiger partial charge in [-0.1, -0.05) is 28.1 Å². The Hall–Kier alpha value is -0.340. The van der Waals surface area contributed by atoms with Crippen LogP contribution in [0.25, 0.3) is 0 Å². The normalized spacial score (nSPS) is 11.9. The van der Waals surface area contributed by atoms with Crippen LogP contribution in [0.4, 0.5) is 0 Å². The Balaban J connectivity index is 2.80. The minimum atomic E-state index is -0.575. The molecule has 84 valence electrons. The second-order valence-corrected chi connectivity index (χ2v) is 5.65. The summed E-state index contributed by atoms with van der Waals surface area (Å²) in [6.45, 7) is 7.91. The molecule has 0 unspecified atom stereocenters. The summed E-state index contributed by atoms with van der Waals surface area (Å²) in [5, 5.41) is 9.66. The molecule has 0 fully saturated rings. The number of aliphatic hydroxyl groups is 1. The van der Waals surface area contributed by atoms with Crippen molar-refractivity contribution in [2.75, 3.05) is 0 Å². The second kappa shape index (κ2) is 4.67. The zero-order valence-electron chi connectivity index (χ0n) is 9.89. The highest BCUT2D eigenvalue weighted by Crippen LogP contribution is 2.24. The van der Waals surface area contributed by atoms with Gasteiger partial charge in [-0.2, -0.15) is 0 Å². The number of benzene rings is 1. The summed E-state index contributed by atoms with van der Waals surface area (Å²) in [6, 6.07) is 4.37. The third-order valence-corrected chi connectivity index (χ3v) is 3.77. The van der Waals surface area contributed by atoms with Crippen molar-refractivity contribution in [1.29, 1.82) is 0 Å². The number of aryl methyl sites for hydroxylation is 3. The van der Waals surface area contributed by atoms with Gasteiger partial charge in [0.2, 0.25) is 0 Å². The summed E-state index contributed by atoms with van der Waals surface area (Å²) in [6.07, 6.45) is 1.73. The standard InChI is InChI=1S/C13H19BrO/c1-9-7-11(5-6-13(3,4)15)8-10(2)12(9)14/h7-8,15H,5-6H2,1-4H3. The fourth-order valence-corrected chi connectivity index (χ4v) is 1.86. The van der Waals surface area contributed by atoms with Crippen LogP contribution in [-0.2, 0) is 6.42 Å². The van der Waals surface area contributed by atoms with E-state index >= 15 is 0 Å². The third-order valence-electron chi connectivity index (χ3n) is 2.52. The highest BCUT2D eigenvalue weighted by Gasteiger charge is 2.12. The summed E-state index contributed by atoms with van der Waals surface area (Å²) in [7, 11) is 0. The van der Waals surface area contributed by atoms with E-state index < -0.39 is 5.60 Å². The molecule has 0 radical (unpaired) electrons. The van der Waals surface area contributed by atoms with E-state index in [1.165, 1.54) is 21.2 Å². The van der Waals surface area contributed by atoms with Crippen molar-refractivity contribution in [3.63, 3.8) is 0 Å². The van der Waals surface area contributed by atoms with Gasteiger partial charge in [-0.15, -0.1) is 0 Å². The van der Waals surface area contributed by atoms with Gasteiger partial charge in [0.25, 0.3) is 0 Å². The van der Waals surface area contributed by atoms with Crippen LogP contribution in [0.15, 0.2) is 16.6 Å². The SMILES string of the molecule is Cc1cc(CCC(C)(C)O)cc(C)c1Br. The fourth-order valence-electron chi connectivity index (χ4n) is 1.63. The molecule has 0 bridgehead atoms. The van der Waals surface area contributed by atoms with Crippen molar-refractivity contribution >= 4 is 15.9 Å². The number of hydrogen-bond donors (Lipinski definition) is 1. The number of rotatable bonds is 3. The monoisotopic (exact) mass is 270 g/mol. The lowest BCUT2D eigenvalue weighted by molar-refractivity contribution is 0.0714. The minimum absolute atomic E-state index is 0.575. The van der Waals surface area contributed by atoms with Crippen LogP contribution in [0.5, 0.6) is 0 Å². The molecule has 0 spiro atoms. The van der Waals surface area contributed by atoms with Crippen LogP contribution in [0, 0.1) is 13.8 Å². The summed E-state index contributed by atoms with van der Waals surface area (Å²) >= 11 is 3.55. The average molecular weight is 271 g/mol. The van der Waals surface area contributed by atoms with Crippen LogP contribution in [-0.4, -0.2) is 10.7 Å². The highest BCUT2D eigenvalue weighted by atomic mass is 79.9. The minimum Gasteiger partial charge on any atom is -0.390 e. The fraction of sp³-hybridized carbons (Fsp3) is 0.538. The van der Waals surface area contributed by atoms with E-state index in [2.05, 4.69) is 41.9 Å². The molecule has 1 N–H and O–H groups in total. The van der Waals surface area contributed by atoms with Gasteiger partial charge in [-0.3, -0.25) is 0 Å². The van der Waals surface area contributed by atoms with Crippen LogP contribution in [0.2, 0.25) is 0 Å². The van der Waals surface area contributed by atoms with Gasteiger partial charge >= 0.3 is 0 Å². The molecule has 0 aliphatic rings. The van der Waals surface area contributed by atoms with Gasteiger partial charge in [-0.05, 0) is 57.2 Å². The molecule has 1 rings (SSSR count). The highest BCUT2D eigenvalue weighted by molar-refractivity contribution is 9.10. The number of hydrogen-bond acceptors (Lipinski definition) is 1. The molecule has 0 atom stereocenters. The second-order valence-electron chi connectivity index (χ2n) is 4.86. The van der Waals surface area contributed by atoms with E-state index in [9.17, 15) is 5.11 Å². The van der Waals surface area contributed by atoms with E-state index in [4.69, 9.17) is 0 Å². The summed E-state index contributed by atoms with van der Waals surface area (Å²) in [5.74, 6) is 0. The van der Waals surface area contributed by atoms with Gasteiger partial charge < -0.3 is 5.11 Å². The maximum absolute atomic E-state index is 9.66. The maximum atomic E-state index is 9.66. The molecule has 0 saturated heterocycles. The molecule has 1 aromatic carbocycles. The summed E-state index contributed by atoms with van der Waals surface area (Å²) in [5.41, 5.74) is 3.26. The van der Waals surface area contributed by atoms with Crippen molar-refractivity contribution in [2.24, 2.45) is 0 Å². The van der Waals surface area contributed by atoms with E-state index in [-0.39, 0.29) is 0 Å². The van der Waals surface area contributed by atoms with Gasteiger partial charge in [0, 0.05) is 4.47 Å². The Kier molecular flexibility index (Phi) is 3.96. The molecule has 0 saturated carbocycles. The molecule has 0 aliphatic heterocycles. The first-order valence-corrected chi connectivity index (χ1v) is 6.07. The van der Waals surface area contributed by atoms with Gasteiger partial charge in [-0.25, -0.2) is 0 Å². The van der Waals surface area contributed by atoms with E-state index in [0.717, 1.165) is 12.8 Å². The van der Waals surface area contributed by atoms with Gasteiger partial charge in [0.1, 0.15) is 0 Å². The van der Waals surface area contributed by atoms with Crippen molar-refractivity contribution in [1.82, 2.24) is 0 Å². The quantitative estimate of drug-likeness (QED) is 0.887. The molecule has 0 aromatic heterocycles. The molecular weight excluding hydrogens is 252 g/mol. The van der Waals surface area contributed by atoms with Crippen LogP contribution < -0.4 is 0 Å². The summed E-state index contributed by atoms with van der Waals surface area (Å²) in [4.78, 5) is 0. The lowest BCUT2D eigenvalue weighted by Crippen LogP contribution is -2.19. The van der Waals surface area contributed by atoms with Crippen molar-refractivity contribution in [2.45, 2.75) is 46.1 Å². The molecular formula is C13H19BrO. The first kappa shape index (κ1) is 12.7. The lowest BCUT2D eigenvalue weighted by atomic mass is 9.97. The third kappa shape index (κ3) is 3.96. The Morgan fingerprint density at radius 1 is 1.20 bits per heavy atom. The molecule has 1 aromatic rings. The zero-order chi connectivity index (χ0) is 11.6. The number of halogens is 1. The van der Waals surface area contributed by atoms with E-state index in [0.29, 0.717) is 0 Å². The Morgan fingerprint density at radius 3 is 2.07 bits per heavy atom. The molecule has 2 heteroatoms. The predicted octanol–water partition coefficient (Wildman–Crippen LogP) is 3.77. The zero-order valence-corrected chi connectivity index (χ0v) is 11.5. The van der Waals surface area contributed by atoms with Crippen LogP contribution in [0.1, 0.15) is 37.0 Å². The summed E-state index contributed by atoms with van der Waals surface area (Å²) < 4.78 is 1.19. The van der Waals surface area contributed by atoms with Crippen molar-refractivity contribution < 1.29 is 5.11 Å². The van der Waals surface area contributed by atoms with E-state index in [1.807, 2.05) is 13.8 Å². The molecule has 1 nitrogen and oxygen atoms in total. The van der Waals surface area contributed by atoms with Crippen molar-refractivity contribution in [3.8, 4) is 0 Å². The Labute approximate surface area is 101 Å². The van der Waals surface area contributed by atoms with E-state index in [1.54, 1.807) is 0 Å². The van der Waals surface area contributed by atoms with Gasteiger partial charge in [0.05, 0.1) is 5.60 Å². The smallest absolute Gasteiger partial charge is 0.0594 e. The first-order valence-electron chi connectivity index (χ1n) is 5.27. The van der Waals surface area contributed by atoms with Crippen LogP contribution in [0.3, 0.4) is 0 Å². The first-order chi connectivity index (χ1) is 6.79. The molecule has 0 heterocycles. The average Bonchev–Trinajstić information content (AvgIpc) is 2.09.